The lowest BCUT2D eigenvalue weighted by molar-refractivity contribution is -0.118. The van der Waals surface area contributed by atoms with Crippen LogP contribution in [0.5, 0.6) is 0 Å². The first kappa shape index (κ1) is 17.1. The van der Waals surface area contributed by atoms with Gasteiger partial charge in [0.05, 0.1) is 25.3 Å². The van der Waals surface area contributed by atoms with Crippen LogP contribution < -0.4 is 11.1 Å². The molecular formula is C14H18N4O4S. The van der Waals surface area contributed by atoms with Crippen LogP contribution in [0, 0.1) is 0 Å². The van der Waals surface area contributed by atoms with Crippen molar-refractivity contribution in [3.63, 3.8) is 0 Å². The van der Waals surface area contributed by atoms with Gasteiger partial charge in [0.25, 0.3) is 0 Å². The van der Waals surface area contributed by atoms with Crippen molar-refractivity contribution >= 4 is 28.3 Å². The summed E-state index contributed by atoms with van der Waals surface area (Å²) in [7, 11) is 2.82. The summed E-state index contributed by atoms with van der Waals surface area (Å²) < 4.78 is 9.70. The van der Waals surface area contributed by atoms with Gasteiger partial charge in [-0.05, 0) is 6.07 Å². The minimum atomic E-state index is -0.451. The fourth-order valence-electron chi connectivity index (χ4n) is 1.87. The number of H-pyrrole nitrogens is 1. The van der Waals surface area contributed by atoms with Gasteiger partial charge in [-0.15, -0.1) is 11.3 Å². The van der Waals surface area contributed by atoms with E-state index in [9.17, 15) is 9.59 Å². The summed E-state index contributed by atoms with van der Waals surface area (Å²) in [6.45, 7) is 0.271. The molecule has 0 radical (unpaired) electrons. The molecule has 0 fully saturated rings. The van der Waals surface area contributed by atoms with E-state index >= 15 is 0 Å². The maximum atomic E-state index is 11.9. The second kappa shape index (κ2) is 7.86. The molecule has 4 N–H and O–H groups in total. The summed E-state index contributed by atoms with van der Waals surface area (Å²) in [5, 5.41) is 4.96. The van der Waals surface area contributed by atoms with E-state index in [-0.39, 0.29) is 25.0 Å². The predicted molar refractivity (Wildman–Crippen MR) is 86.3 cm³/mol. The number of hydrogen-bond donors (Lipinski definition) is 3. The molecule has 1 amide bonds. The Balaban J connectivity index is 2.01. The first-order valence-corrected chi connectivity index (χ1v) is 7.70. The van der Waals surface area contributed by atoms with Crippen LogP contribution in [0.4, 0.5) is 5.13 Å². The Morgan fingerprint density at radius 1 is 1.48 bits per heavy atom. The molecule has 0 spiro atoms. The van der Waals surface area contributed by atoms with Crippen molar-refractivity contribution in [3.8, 4) is 11.3 Å². The monoisotopic (exact) mass is 338 g/mol. The van der Waals surface area contributed by atoms with Gasteiger partial charge in [-0.1, -0.05) is 0 Å². The molecule has 2 rings (SSSR count). The lowest BCUT2D eigenvalue weighted by Crippen LogP contribution is -2.28. The van der Waals surface area contributed by atoms with Crippen LogP contribution in [-0.2, 0) is 14.3 Å². The molecule has 124 valence electrons. The quantitative estimate of drug-likeness (QED) is 0.653. The van der Waals surface area contributed by atoms with Crippen LogP contribution in [-0.4, -0.2) is 48.7 Å². The summed E-state index contributed by atoms with van der Waals surface area (Å²) in [4.78, 5) is 30.4. The molecule has 2 aromatic rings. The molecule has 0 aliphatic carbocycles. The number of rotatable bonds is 7. The van der Waals surface area contributed by atoms with Crippen molar-refractivity contribution in [2.45, 2.75) is 12.5 Å². The Bertz CT molecular complexity index is 678. The predicted octanol–water partition coefficient (Wildman–Crippen LogP) is 1.23. The third-order valence-electron chi connectivity index (χ3n) is 3.14. The van der Waals surface area contributed by atoms with Gasteiger partial charge in [-0.2, -0.15) is 0 Å². The molecule has 2 heterocycles. The second-order valence-electron chi connectivity index (χ2n) is 4.68. The summed E-state index contributed by atoms with van der Waals surface area (Å²) >= 11 is 1.29. The summed E-state index contributed by atoms with van der Waals surface area (Å²) in [6, 6.07) is 1.64. The number of anilines is 1. The van der Waals surface area contributed by atoms with Crippen molar-refractivity contribution in [2.75, 3.05) is 26.1 Å². The number of ether oxygens (including phenoxy) is 2. The number of nitrogens with two attached hydrogens (primary N) is 1. The van der Waals surface area contributed by atoms with Gasteiger partial charge >= 0.3 is 5.97 Å². The number of aromatic nitrogens is 2. The van der Waals surface area contributed by atoms with Gasteiger partial charge in [0, 0.05) is 30.8 Å². The second-order valence-corrected chi connectivity index (χ2v) is 5.54. The number of amides is 1. The molecule has 9 heteroatoms. The highest BCUT2D eigenvalue weighted by Crippen LogP contribution is 2.25. The van der Waals surface area contributed by atoms with Gasteiger partial charge < -0.3 is 25.5 Å². The van der Waals surface area contributed by atoms with Gasteiger partial charge in [-0.3, -0.25) is 4.79 Å². The minimum absolute atomic E-state index is 0.165. The van der Waals surface area contributed by atoms with Crippen molar-refractivity contribution < 1.29 is 19.1 Å². The molecule has 0 saturated heterocycles. The van der Waals surface area contributed by atoms with E-state index in [1.807, 2.05) is 0 Å². The van der Waals surface area contributed by atoms with Crippen molar-refractivity contribution in [1.29, 1.82) is 0 Å². The number of carbonyl (C=O) groups excluding carboxylic acids is 2. The zero-order valence-electron chi connectivity index (χ0n) is 12.8. The highest BCUT2D eigenvalue weighted by atomic mass is 32.1. The highest BCUT2D eigenvalue weighted by Gasteiger charge is 2.15. The van der Waals surface area contributed by atoms with Crippen molar-refractivity contribution in [3.05, 3.63) is 23.3 Å². The fraction of sp³-hybridized carbons (Fsp3) is 0.357. The Morgan fingerprint density at radius 3 is 2.91 bits per heavy atom. The third-order valence-corrected chi connectivity index (χ3v) is 3.90. The number of nitrogens with one attached hydrogen (secondary N) is 2. The molecule has 0 aromatic carbocycles. The van der Waals surface area contributed by atoms with Gasteiger partial charge in [-0.25, -0.2) is 9.78 Å². The maximum absolute atomic E-state index is 11.9. The first-order chi connectivity index (χ1) is 11.1. The largest absolute Gasteiger partial charge is 0.464 e. The van der Waals surface area contributed by atoms with E-state index in [4.69, 9.17) is 10.5 Å². The molecule has 1 atom stereocenters. The van der Waals surface area contributed by atoms with Crippen molar-refractivity contribution in [2.24, 2.45) is 5.73 Å². The van der Waals surface area contributed by atoms with Gasteiger partial charge in [0.2, 0.25) is 5.91 Å². The molecule has 2 aromatic heterocycles. The Morgan fingerprint density at radius 2 is 2.26 bits per heavy atom. The zero-order chi connectivity index (χ0) is 16.8. The van der Waals surface area contributed by atoms with Gasteiger partial charge in [0.15, 0.2) is 5.13 Å². The van der Waals surface area contributed by atoms with Crippen LogP contribution in [0.25, 0.3) is 11.3 Å². The van der Waals surface area contributed by atoms with Crippen LogP contribution in [0.3, 0.4) is 0 Å². The average Bonchev–Trinajstić information content (AvgIpc) is 3.20. The van der Waals surface area contributed by atoms with Crippen LogP contribution in [0.2, 0.25) is 0 Å². The lowest BCUT2D eigenvalue weighted by atomic mass is 10.2. The number of hydrogen-bond acceptors (Lipinski definition) is 7. The average molecular weight is 338 g/mol. The fourth-order valence-corrected chi connectivity index (χ4v) is 2.61. The zero-order valence-corrected chi connectivity index (χ0v) is 13.6. The smallest absolute Gasteiger partial charge is 0.354 e. The molecule has 0 saturated carbocycles. The third kappa shape index (κ3) is 4.38. The molecular weight excluding hydrogens is 320 g/mol. The number of methoxy groups -OCH3 is 2. The molecule has 0 bridgehead atoms. The molecule has 23 heavy (non-hydrogen) atoms. The van der Waals surface area contributed by atoms with E-state index in [0.717, 1.165) is 5.56 Å². The number of thiazole rings is 1. The molecule has 1 unspecified atom stereocenters. The van der Waals surface area contributed by atoms with E-state index < -0.39 is 5.97 Å². The van der Waals surface area contributed by atoms with E-state index in [0.29, 0.717) is 16.5 Å². The SMILES string of the molecule is COC(=O)c1cc(-c2csc(NC(=O)CC(CN)OC)n2)c[nH]1. The number of carbonyl (C=O) groups is 2. The maximum Gasteiger partial charge on any atom is 0.354 e. The number of esters is 1. The Labute approximate surface area is 137 Å². The Hall–Kier alpha value is -2.23. The molecule has 0 aliphatic rings. The molecule has 8 nitrogen and oxygen atoms in total. The van der Waals surface area contributed by atoms with Crippen molar-refractivity contribution in [1.82, 2.24) is 9.97 Å². The number of aromatic amines is 1. The minimum Gasteiger partial charge on any atom is -0.464 e. The first-order valence-electron chi connectivity index (χ1n) is 6.82. The summed E-state index contributed by atoms with van der Waals surface area (Å²) in [5.74, 6) is -0.667. The normalized spacial score (nSPS) is 12.0. The highest BCUT2D eigenvalue weighted by molar-refractivity contribution is 7.14. The molecule has 0 aliphatic heterocycles. The Kier molecular flexibility index (Phi) is 5.85. The van der Waals surface area contributed by atoms with Crippen LogP contribution in [0.15, 0.2) is 17.6 Å². The summed E-state index contributed by atoms with van der Waals surface area (Å²) in [6.07, 6.45) is 1.50. The van der Waals surface area contributed by atoms with Gasteiger partial charge in [0.1, 0.15) is 5.69 Å². The van der Waals surface area contributed by atoms with E-state index in [2.05, 4.69) is 20.0 Å². The van der Waals surface area contributed by atoms with Crippen LogP contribution in [0.1, 0.15) is 16.9 Å². The lowest BCUT2D eigenvalue weighted by Gasteiger charge is -2.11. The van der Waals surface area contributed by atoms with Crippen LogP contribution >= 0.6 is 11.3 Å². The van der Waals surface area contributed by atoms with E-state index in [1.54, 1.807) is 17.6 Å². The van der Waals surface area contributed by atoms with E-state index in [1.165, 1.54) is 25.6 Å². The number of nitrogens with zero attached hydrogens (tertiary/aromatic N) is 1. The topological polar surface area (TPSA) is 119 Å². The summed E-state index contributed by atoms with van der Waals surface area (Å²) in [5.41, 5.74) is 7.21. The standard InChI is InChI=1S/C14H18N4O4S/c1-21-9(5-15)4-12(19)18-14-17-11(7-23-14)8-3-10(16-6-8)13(20)22-2/h3,6-7,9,16H,4-5,15H2,1-2H3,(H,17,18,19).